The van der Waals surface area contributed by atoms with Gasteiger partial charge < -0.3 is 14.2 Å². The Bertz CT molecular complexity index is 951. The SMILES string of the molecule is COc1ccc(C2OC34C=CCCC3C(C#N)(C(=N)O4)C2(C#N)C#N)cc1. The number of rotatable bonds is 2. The lowest BCUT2D eigenvalue weighted by molar-refractivity contribution is -0.258. The third-order valence-electron chi connectivity index (χ3n) is 5.87. The van der Waals surface area contributed by atoms with Gasteiger partial charge in [0.25, 0.3) is 0 Å². The van der Waals surface area contributed by atoms with Crippen LogP contribution < -0.4 is 4.74 Å². The van der Waals surface area contributed by atoms with Crippen LogP contribution in [0.25, 0.3) is 0 Å². The molecule has 2 fully saturated rings. The van der Waals surface area contributed by atoms with Gasteiger partial charge >= 0.3 is 0 Å². The zero-order valence-electron chi connectivity index (χ0n) is 14.6. The van der Waals surface area contributed by atoms with Crippen molar-refractivity contribution in [3.63, 3.8) is 0 Å². The van der Waals surface area contributed by atoms with Crippen molar-refractivity contribution in [2.45, 2.75) is 24.7 Å². The van der Waals surface area contributed by atoms with Crippen LogP contribution >= 0.6 is 0 Å². The van der Waals surface area contributed by atoms with E-state index in [0.717, 1.165) is 0 Å². The van der Waals surface area contributed by atoms with Crippen LogP contribution in [0.5, 0.6) is 5.75 Å². The van der Waals surface area contributed by atoms with Crippen LogP contribution in [-0.2, 0) is 9.47 Å². The van der Waals surface area contributed by atoms with Gasteiger partial charge in [0, 0.05) is 0 Å². The van der Waals surface area contributed by atoms with E-state index >= 15 is 0 Å². The minimum absolute atomic E-state index is 0.374. The maximum atomic E-state index is 10.1. The Hall–Kier alpha value is -3.34. The average Bonchev–Trinajstić information content (AvgIpc) is 2.92. The van der Waals surface area contributed by atoms with E-state index < -0.39 is 28.6 Å². The topological polar surface area (TPSA) is 123 Å². The predicted octanol–water partition coefficient (Wildman–Crippen LogP) is 2.98. The molecule has 7 nitrogen and oxygen atoms in total. The average molecular weight is 360 g/mol. The summed E-state index contributed by atoms with van der Waals surface area (Å²) in [7, 11) is 1.54. The molecule has 4 rings (SSSR count). The van der Waals surface area contributed by atoms with Crippen LogP contribution in [0, 0.1) is 56.2 Å². The summed E-state index contributed by atoms with van der Waals surface area (Å²) in [5.74, 6) is -1.67. The number of nitrogens with zero attached hydrogens (tertiary/aromatic N) is 3. The summed E-state index contributed by atoms with van der Waals surface area (Å²) in [5, 5.41) is 38.8. The fraction of sp³-hybridized carbons (Fsp3) is 0.400. The highest BCUT2D eigenvalue weighted by molar-refractivity contribution is 5.89. The monoisotopic (exact) mass is 360 g/mol. The Morgan fingerprint density at radius 1 is 1.15 bits per heavy atom. The maximum absolute atomic E-state index is 10.1. The second-order valence-electron chi connectivity index (χ2n) is 6.91. The van der Waals surface area contributed by atoms with Gasteiger partial charge in [0.2, 0.25) is 17.1 Å². The molecule has 2 heterocycles. The Labute approximate surface area is 156 Å². The van der Waals surface area contributed by atoms with Crippen molar-refractivity contribution in [2.75, 3.05) is 7.11 Å². The molecule has 134 valence electrons. The quantitative estimate of drug-likeness (QED) is 0.809. The number of ether oxygens (including phenoxy) is 3. The molecule has 1 N–H and O–H groups in total. The van der Waals surface area contributed by atoms with E-state index in [9.17, 15) is 15.8 Å². The highest BCUT2D eigenvalue weighted by Gasteiger charge is 2.80. The van der Waals surface area contributed by atoms with Gasteiger partial charge in [0.05, 0.1) is 31.2 Å². The van der Waals surface area contributed by atoms with Crippen molar-refractivity contribution in [1.82, 2.24) is 0 Å². The number of nitrogens with one attached hydrogen (secondary N) is 1. The van der Waals surface area contributed by atoms with E-state index in [4.69, 9.17) is 19.6 Å². The maximum Gasteiger partial charge on any atom is 0.237 e. The third kappa shape index (κ3) is 1.83. The van der Waals surface area contributed by atoms with Crippen molar-refractivity contribution in [3.8, 4) is 24.0 Å². The number of hydrogen-bond donors (Lipinski definition) is 1. The minimum atomic E-state index is -1.91. The van der Waals surface area contributed by atoms with Crippen LogP contribution in [-0.4, -0.2) is 18.8 Å². The van der Waals surface area contributed by atoms with Gasteiger partial charge in [0.1, 0.15) is 11.9 Å². The smallest absolute Gasteiger partial charge is 0.237 e. The number of nitriles is 3. The predicted molar refractivity (Wildman–Crippen MR) is 91.9 cm³/mol. The van der Waals surface area contributed by atoms with E-state index in [1.807, 2.05) is 18.2 Å². The van der Waals surface area contributed by atoms with E-state index in [-0.39, 0.29) is 5.90 Å². The first-order chi connectivity index (χ1) is 13.0. The van der Waals surface area contributed by atoms with Crippen LogP contribution in [0.3, 0.4) is 0 Å². The Balaban J connectivity index is 1.98. The van der Waals surface area contributed by atoms with Crippen LogP contribution in [0.1, 0.15) is 24.5 Å². The fourth-order valence-electron chi connectivity index (χ4n) is 4.56. The van der Waals surface area contributed by atoms with Crippen molar-refractivity contribution in [1.29, 1.82) is 21.2 Å². The summed E-state index contributed by atoms with van der Waals surface area (Å²) in [5.41, 5.74) is -3.07. The highest BCUT2D eigenvalue weighted by Crippen LogP contribution is 2.68. The molecule has 1 aromatic rings. The second kappa shape index (κ2) is 5.58. The number of allylic oxidation sites excluding steroid dienone is 1. The molecule has 2 bridgehead atoms. The van der Waals surface area contributed by atoms with Crippen LogP contribution in [0.4, 0.5) is 0 Å². The first-order valence-corrected chi connectivity index (χ1v) is 8.55. The van der Waals surface area contributed by atoms with Gasteiger partial charge in [0.15, 0.2) is 5.41 Å². The Morgan fingerprint density at radius 3 is 2.44 bits per heavy atom. The molecule has 0 aromatic heterocycles. The zero-order chi connectivity index (χ0) is 19.3. The number of methoxy groups -OCH3 is 1. The van der Waals surface area contributed by atoms with Gasteiger partial charge in [-0.1, -0.05) is 18.2 Å². The van der Waals surface area contributed by atoms with Crippen LogP contribution in [0.2, 0.25) is 0 Å². The van der Waals surface area contributed by atoms with E-state index in [1.54, 1.807) is 30.3 Å². The molecule has 4 atom stereocenters. The van der Waals surface area contributed by atoms with E-state index in [1.165, 1.54) is 7.11 Å². The molecule has 0 saturated carbocycles. The summed E-state index contributed by atoms with van der Waals surface area (Å²) in [6.45, 7) is 0. The first-order valence-electron chi connectivity index (χ1n) is 8.55. The summed E-state index contributed by atoms with van der Waals surface area (Å²) < 4.78 is 17.2. The zero-order valence-corrected chi connectivity index (χ0v) is 14.6. The second-order valence-corrected chi connectivity index (χ2v) is 6.91. The molecule has 2 aliphatic heterocycles. The van der Waals surface area contributed by atoms with Crippen LogP contribution in [0.15, 0.2) is 36.4 Å². The lowest BCUT2D eigenvalue weighted by atomic mass is 9.52. The van der Waals surface area contributed by atoms with Crippen molar-refractivity contribution < 1.29 is 14.2 Å². The van der Waals surface area contributed by atoms with Gasteiger partial charge in [-0.15, -0.1) is 0 Å². The lowest BCUT2D eigenvalue weighted by Gasteiger charge is -2.49. The largest absolute Gasteiger partial charge is 0.497 e. The van der Waals surface area contributed by atoms with Gasteiger partial charge in [-0.25, -0.2) is 0 Å². The molecular weight excluding hydrogens is 344 g/mol. The molecule has 0 radical (unpaired) electrons. The number of benzene rings is 1. The van der Waals surface area contributed by atoms with Crippen molar-refractivity contribution in [2.24, 2.45) is 16.7 Å². The Kier molecular flexibility index (Phi) is 3.53. The normalized spacial score (nSPS) is 35.1. The summed E-state index contributed by atoms with van der Waals surface area (Å²) in [6, 6.07) is 13.0. The Morgan fingerprint density at radius 2 is 1.85 bits per heavy atom. The van der Waals surface area contributed by atoms with Gasteiger partial charge in [-0.3, -0.25) is 5.41 Å². The summed E-state index contributed by atoms with van der Waals surface area (Å²) in [6.07, 6.45) is 3.70. The standard InChI is InChI=1S/C20H16N4O3/c1-25-14-7-5-13(6-8-14)16-18(10-21,11-22)19(12-23)15-4-2-3-9-20(15,26-16)27-17(19)24/h3,5-9,15-16,24H,2,4H2,1H3. The molecule has 3 aliphatic rings. The van der Waals surface area contributed by atoms with E-state index in [0.29, 0.717) is 24.2 Å². The van der Waals surface area contributed by atoms with Gasteiger partial charge in [-0.2, -0.15) is 15.8 Å². The molecular formula is C20H16N4O3. The minimum Gasteiger partial charge on any atom is -0.497 e. The molecule has 1 aromatic carbocycles. The number of hydrogen-bond acceptors (Lipinski definition) is 7. The fourth-order valence-corrected chi connectivity index (χ4v) is 4.56. The molecule has 1 aliphatic carbocycles. The summed E-state index contributed by atoms with van der Waals surface area (Å²) in [4.78, 5) is 0. The van der Waals surface area contributed by atoms with Gasteiger partial charge in [-0.05, 0) is 36.6 Å². The molecule has 4 unspecified atom stereocenters. The molecule has 7 heteroatoms. The molecule has 2 saturated heterocycles. The molecule has 0 amide bonds. The molecule has 27 heavy (non-hydrogen) atoms. The van der Waals surface area contributed by atoms with Crippen molar-refractivity contribution in [3.05, 3.63) is 42.0 Å². The third-order valence-corrected chi connectivity index (χ3v) is 5.87. The lowest BCUT2D eigenvalue weighted by Crippen LogP contribution is -2.59. The highest BCUT2D eigenvalue weighted by atomic mass is 16.7. The van der Waals surface area contributed by atoms with E-state index in [2.05, 4.69) is 6.07 Å². The summed E-state index contributed by atoms with van der Waals surface area (Å²) >= 11 is 0. The molecule has 0 spiro atoms. The van der Waals surface area contributed by atoms with Crippen molar-refractivity contribution >= 4 is 5.90 Å². The first kappa shape index (κ1) is 17.1.